The lowest BCUT2D eigenvalue weighted by Gasteiger charge is -2.12. The van der Waals surface area contributed by atoms with Crippen molar-refractivity contribution in [2.75, 3.05) is 7.05 Å². The van der Waals surface area contributed by atoms with Gasteiger partial charge < -0.3 is 0 Å². The maximum atomic E-state index is 11.8. The predicted molar refractivity (Wildman–Crippen MR) is 52.4 cm³/mol. The summed E-state index contributed by atoms with van der Waals surface area (Å²) in [6.45, 7) is 2.18. The SMILES string of the molecule is CC1CCCC2C(=O)N(C)C(=O)C2C1. The van der Waals surface area contributed by atoms with Gasteiger partial charge in [0.1, 0.15) is 0 Å². The standard InChI is InChI=1S/C11H17NO2/c1-7-4-3-5-8-9(6-7)11(14)12(2)10(8)13/h7-9H,3-6H2,1-2H3. The van der Waals surface area contributed by atoms with Crippen LogP contribution in [0.1, 0.15) is 32.6 Å². The second kappa shape index (κ2) is 3.37. The van der Waals surface area contributed by atoms with Crippen LogP contribution in [0.25, 0.3) is 0 Å². The zero-order valence-electron chi connectivity index (χ0n) is 8.82. The summed E-state index contributed by atoms with van der Waals surface area (Å²) in [5.41, 5.74) is 0. The van der Waals surface area contributed by atoms with E-state index in [1.165, 1.54) is 4.90 Å². The van der Waals surface area contributed by atoms with Gasteiger partial charge >= 0.3 is 0 Å². The van der Waals surface area contributed by atoms with E-state index in [4.69, 9.17) is 0 Å². The Morgan fingerprint density at radius 3 is 2.50 bits per heavy atom. The number of carbonyl (C=O) groups is 2. The number of nitrogens with zero attached hydrogens (tertiary/aromatic N) is 1. The fraction of sp³-hybridized carbons (Fsp3) is 0.818. The fourth-order valence-corrected chi connectivity index (χ4v) is 2.78. The Hall–Kier alpha value is -0.860. The Labute approximate surface area is 84.5 Å². The minimum Gasteiger partial charge on any atom is -0.285 e. The number of carbonyl (C=O) groups excluding carboxylic acids is 2. The Morgan fingerprint density at radius 2 is 1.79 bits per heavy atom. The molecule has 2 rings (SSSR count). The van der Waals surface area contributed by atoms with Gasteiger partial charge in [-0.2, -0.15) is 0 Å². The average Bonchev–Trinajstić information content (AvgIpc) is 2.34. The van der Waals surface area contributed by atoms with Crippen LogP contribution in [0.15, 0.2) is 0 Å². The van der Waals surface area contributed by atoms with Crippen LogP contribution in [-0.2, 0) is 9.59 Å². The summed E-state index contributed by atoms with van der Waals surface area (Å²) in [6.07, 6.45) is 4.07. The van der Waals surface area contributed by atoms with Crippen molar-refractivity contribution >= 4 is 11.8 Å². The topological polar surface area (TPSA) is 37.4 Å². The molecule has 0 aromatic carbocycles. The van der Waals surface area contributed by atoms with Crippen LogP contribution in [0.3, 0.4) is 0 Å². The highest BCUT2D eigenvalue weighted by molar-refractivity contribution is 6.04. The highest BCUT2D eigenvalue weighted by atomic mass is 16.2. The average molecular weight is 195 g/mol. The van der Waals surface area contributed by atoms with Crippen LogP contribution in [0, 0.1) is 17.8 Å². The first-order chi connectivity index (χ1) is 6.61. The highest BCUT2D eigenvalue weighted by Crippen LogP contribution is 2.38. The van der Waals surface area contributed by atoms with Gasteiger partial charge in [-0.25, -0.2) is 0 Å². The third-order valence-electron chi connectivity index (χ3n) is 3.65. The van der Waals surface area contributed by atoms with E-state index in [1.54, 1.807) is 7.05 Å². The first-order valence-corrected chi connectivity index (χ1v) is 5.42. The van der Waals surface area contributed by atoms with Crippen molar-refractivity contribution in [1.29, 1.82) is 0 Å². The third kappa shape index (κ3) is 1.35. The van der Waals surface area contributed by atoms with Gasteiger partial charge in [-0.1, -0.05) is 19.8 Å². The van der Waals surface area contributed by atoms with E-state index in [-0.39, 0.29) is 23.7 Å². The van der Waals surface area contributed by atoms with Crippen molar-refractivity contribution in [3.63, 3.8) is 0 Å². The van der Waals surface area contributed by atoms with Crippen molar-refractivity contribution in [2.45, 2.75) is 32.6 Å². The molecule has 1 heterocycles. The monoisotopic (exact) mass is 195 g/mol. The van der Waals surface area contributed by atoms with Gasteiger partial charge in [-0.05, 0) is 18.8 Å². The fourth-order valence-electron chi connectivity index (χ4n) is 2.78. The summed E-state index contributed by atoms with van der Waals surface area (Å²) in [6, 6.07) is 0. The van der Waals surface area contributed by atoms with Crippen LogP contribution in [-0.4, -0.2) is 23.8 Å². The molecule has 0 aromatic rings. The zero-order valence-corrected chi connectivity index (χ0v) is 8.82. The molecule has 2 aliphatic rings. The number of amides is 2. The quantitative estimate of drug-likeness (QED) is 0.548. The summed E-state index contributed by atoms with van der Waals surface area (Å²) < 4.78 is 0. The normalized spacial score (nSPS) is 38.4. The number of fused-ring (bicyclic) bond motifs is 1. The summed E-state index contributed by atoms with van der Waals surface area (Å²) in [4.78, 5) is 24.8. The van der Waals surface area contributed by atoms with E-state index in [0.29, 0.717) is 5.92 Å². The molecular weight excluding hydrogens is 178 g/mol. The first-order valence-electron chi connectivity index (χ1n) is 5.42. The molecule has 14 heavy (non-hydrogen) atoms. The summed E-state index contributed by atoms with van der Waals surface area (Å²) >= 11 is 0. The van der Waals surface area contributed by atoms with E-state index >= 15 is 0 Å². The first kappa shape index (κ1) is 9.69. The van der Waals surface area contributed by atoms with Gasteiger partial charge in [0.05, 0.1) is 11.8 Å². The van der Waals surface area contributed by atoms with Gasteiger partial charge in [0.25, 0.3) is 0 Å². The third-order valence-corrected chi connectivity index (χ3v) is 3.65. The second-order valence-electron chi connectivity index (χ2n) is 4.72. The molecule has 78 valence electrons. The molecule has 3 unspecified atom stereocenters. The lowest BCUT2D eigenvalue weighted by molar-refractivity contribution is -0.138. The van der Waals surface area contributed by atoms with Gasteiger partial charge in [0, 0.05) is 7.05 Å². The highest BCUT2D eigenvalue weighted by Gasteiger charge is 2.46. The minimum absolute atomic E-state index is 0.00236. The molecule has 1 saturated carbocycles. The van der Waals surface area contributed by atoms with Crippen LogP contribution in [0.2, 0.25) is 0 Å². The van der Waals surface area contributed by atoms with Crippen molar-refractivity contribution in [3.8, 4) is 0 Å². The van der Waals surface area contributed by atoms with Gasteiger partial charge in [-0.3, -0.25) is 14.5 Å². The predicted octanol–water partition coefficient (Wildman–Crippen LogP) is 1.43. The molecule has 3 nitrogen and oxygen atoms in total. The van der Waals surface area contributed by atoms with Crippen molar-refractivity contribution in [1.82, 2.24) is 4.90 Å². The van der Waals surface area contributed by atoms with Gasteiger partial charge in [-0.15, -0.1) is 0 Å². The maximum Gasteiger partial charge on any atom is 0.232 e. The molecular formula is C11H17NO2. The molecule has 0 N–H and O–H groups in total. The smallest absolute Gasteiger partial charge is 0.232 e. The molecule has 0 aromatic heterocycles. The number of hydrogen-bond acceptors (Lipinski definition) is 2. The number of imide groups is 1. The molecule has 0 spiro atoms. The second-order valence-corrected chi connectivity index (χ2v) is 4.72. The Balaban J connectivity index is 2.23. The number of likely N-dealkylation sites (tertiary alicyclic amines) is 1. The molecule has 1 aliphatic carbocycles. The lowest BCUT2D eigenvalue weighted by Crippen LogP contribution is -2.26. The van der Waals surface area contributed by atoms with Crippen molar-refractivity contribution in [2.24, 2.45) is 17.8 Å². The van der Waals surface area contributed by atoms with E-state index in [9.17, 15) is 9.59 Å². The van der Waals surface area contributed by atoms with E-state index < -0.39 is 0 Å². The summed E-state index contributed by atoms with van der Waals surface area (Å²) in [5, 5.41) is 0. The minimum atomic E-state index is -0.00926. The molecule has 3 atom stereocenters. The lowest BCUT2D eigenvalue weighted by atomic mass is 9.88. The van der Waals surface area contributed by atoms with E-state index in [0.717, 1.165) is 25.7 Å². The van der Waals surface area contributed by atoms with Gasteiger partial charge in [0.15, 0.2) is 0 Å². The molecule has 1 saturated heterocycles. The molecule has 2 fully saturated rings. The molecule has 0 radical (unpaired) electrons. The van der Waals surface area contributed by atoms with Crippen LogP contribution in [0.5, 0.6) is 0 Å². The molecule has 1 aliphatic heterocycles. The molecule has 3 heteroatoms. The molecule has 0 bridgehead atoms. The summed E-state index contributed by atoms with van der Waals surface area (Å²) in [7, 11) is 1.62. The van der Waals surface area contributed by atoms with Crippen LogP contribution in [0.4, 0.5) is 0 Å². The van der Waals surface area contributed by atoms with Crippen LogP contribution >= 0.6 is 0 Å². The maximum absolute atomic E-state index is 11.8. The zero-order chi connectivity index (χ0) is 10.3. The largest absolute Gasteiger partial charge is 0.285 e. The number of hydrogen-bond donors (Lipinski definition) is 0. The Morgan fingerprint density at radius 1 is 1.14 bits per heavy atom. The van der Waals surface area contributed by atoms with Crippen molar-refractivity contribution < 1.29 is 9.59 Å². The molecule has 2 amide bonds. The number of rotatable bonds is 0. The Kier molecular flexibility index (Phi) is 2.33. The van der Waals surface area contributed by atoms with Crippen LogP contribution < -0.4 is 0 Å². The van der Waals surface area contributed by atoms with E-state index in [2.05, 4.69) is 6.92 Å². The summed E-state index contributed by atoms with van der Waals surface area (Å²) in [5.74, 6) is 0.679. The van der Waals surface area contributed by atoms with Gasteiger partial charge in [0.2, 0.25) is 11.8 Å². The van der Waals surface area contributed by atoms with E-state index in [1.807, 2.05) is 0 Å². The Bertz CT molecular complexity index is 274. The van der Waals surface area contributed by atoms with Crippen molar-refractivity contribution in [3.05, 3.63) is 0 Å².